The smallest absolute Gasteiger partial charge is 0.250 e. The van der Waals surface area contributed by atoms with Gasteiger partial charge in [0.25, 0.3) is 0 Å². The van der Waals surface area contributed by atoms with E-state index in [-0.39, 0.29) is 11.5 Å². The Morgan fingerprint density at radius 3 is 2.69 bits per heavy atom. The van der Waals surface area contributed by atoms with Crippen LogP contribution in [0.4, 0.5) is 0 Å². The molecule has 2 rings (SSSR count). The molecular weight excluding hydrogens is 172 g/mol. The molecule has 0 aliphatic rings. The third kappa shape index (κ3) is 1.28. The molecule has 13 heavy (non-hydrogen) atoms. The molecule has 0 atom stereocenters. The van der Waals surface area contributed by atoms with Crippen molar-refractivity contribution in [2.45, 2.75) is 0 Å². The lowest BCUT2D eigenvalue weighted by atomic mass is 10.5. The van der Waals surface area contributed by atoms with Gasteiger partial charge in [0.1, 0.15) is 5.52 Å². The number of rotatable bonds is 1. The van der Waals surface area contributed by atoms with E-state index < -0.39 is 5.97 Å². The molecule has 0 spiro atoms. The summed E-state index contributed by atoms with van der Waals surface area (Å²) in [4.78, 5) is 25.2. The largest absolute Gasteiger partial charge is 0.423 e. The number of carbonyl (C=O) groups is 1. The maximum absolute atomic E-state index is 10.4. The SMILES string of the molecule is [O]C(=O)c1ncc2nccnc2n1. The molecule has 0 saturated carbocycles. The van der Waals surface area contributed by atoms with Crippen LogP contribution in [0.5, 0.6) is 0 Å². The molecule has 0 aliphatic heterocycles. The van der Waals surface area contributed by atoms with Gasteiger partial charge in [-0.05, 0) is 0 Å². The molecule has 0 amide bonds. The van der Waals surface area contributed by atoms with Gasteiger partial charge in [-0.15, -0.1) is 0 Å². The first-order valence-electron chi connectivity index (χ1n) is 3.42. The summed E-state index contributed by atoms with van der Waals surface area (Å²) in [5.41, 5.74) is 0.698. The van der Waals surface area contributed by atoms with Crippen LogP contribution >= 0.6 is 0 Å². The minimum Gasteiger partial charge on any atom is -0.250 e. The molecule has 2 aromatic rings. The topological polar surface area (TPSA) is 88.5 Å². The van der Waals surface area contributed by atoms with Gasteiger partial charge in [0.2, 0.25) is 5.82 Å². The van der Waals surface area contributed by atoms with Crippen LogP contribution in [0.3, 0.4) is 0 Å². The predicted molar refractivity (Wildman–Crippen MR) is 40.1 cm³/mol. The van der Waals surface area contributed by atoms with Crippen LogP contribution in [0.15, 0.2) is 18.6 Å². The van der Waals surface area contributed by atoms with Crippen LogP contribution < -0.4 is 0 Å². The minimum absolute atomic E-state index is 0.247. The van der Waals surface area contributed by atoms with Crippen molar-refractivity contribution in [2.24, 2.45) is 0 Å². The standard InChI is InChI=1S/C7H3N4O2/c12-7(13)6-10-3-4-5(11-6)9-2-1-8-4/h1-3H. The summed E-state index contributed by atoms with van der Waals surface area (Å²) in [5, 5.41) is 10.4. The highest BCUT2D eigenvalue weighted by Crippen LogP contribution is 2.02. The Bertz CT molecular complexity index is 471. The second-order valence-corrected chi connectivity index (χ2v) is 2.25. The number of hydrogen-bond acceptors (Lipinski definition) is 5. The van der Waals surface area contributed by atoms with Crippen LogP contribution in [0.1, 0.15) is 10.6 Å². The molecule has 0 aromatic carbocycles. The molecule has 2 heterocycles. The number of fused-ring (bicyclic) bond motifs is 1. The Morgan fingerprint density at radius 1 is 1.15 bits per heavy atom. The van der Waals surface area contributed by atoms with E-state index in [0.29, 0.717) is 5.52 Å². The normalized spacial score (nSPS) is 10.2. The van der Waals surface area contributed by atoms with Crippen molar-refractivity contribution in [1.82, 2.24) is 19.9 Å². The van der Waals surface area contributed by atoms with Gasteiger partial charge in [0.15, 0.2) is 5.65 Å². The van der Waals surface area contributed by atoms with Gasteiger partial charge in [0.05, 0.1) is 6.20 Å². The van der Waals surface area contributed by atoms with E-state index in [9.17, 15) is 9.90 Å². The van der Waals surface area contributed by atoms with Crippen molar-refractivity contribution in [3.05, 3.63) is 24.4 Å². The lowest BCUT2D eigenvalue weighted by Gasteiger charge is -1.93. The van der Waals surface area contributed by atoms with Crippen molar-refractivity contribution < 1.29 is 9.90 Å². The molecule has 6 heteroatoms. The predicted octanol–water partition coefficient (Wildman–Crippen LogP) is -0.00950. The van der Waals surface area contributed by atoms with Crippen LogP contribution in [0, 0.1) is 0 Å². The highest BCUT2D eigenvalue weighted by Gasteiger charge is 2.09. The maximum atomic E-state index is 10.4. The Hall–Kier alpha value is -2.11. The van der Waals surface area contributed by atoms with Gasteiger partial charge < -0.3 is 0 Å². The number of aromatic nitrogens is 4. The molecule has 63 valence electrons. The average Bonchev–Trinajstić information content (AvgIpc) is 2.17. The number of carbonyl (C=O) groups excluding carboxylic acids is 1. The second-order valence-electron chi connectivity index (χ2n) is 2.25. The van der Waals surface area contributed by atoms with E-state index in [1.807, 2.05) is 0 Å². The highest BCUT2D eigenvalue weighted by molar-refractivity contribution is 5.84. The van der Waals surface area contributed by atoms with Gasteiger partial charge in [-0.3, -0.25) is 0 Å². The van der Waals surface area contributed by atoms with Crippen LogP contribution in [0.25, 0.3) is 11.2 Å². The van der Waals surface area contributed by atoms with E-state index >= 15 is 0 Å². The quantitative estimate of drug-likeness (QED) is 0.608. The Balaban J connectivity index is 2.69. The molecular formula is C7H3N4O2. The fraction of sp³-hybridized carbons (Fsp3) is 0. The fourth-order valence-electron chi connectivity index (χ4n) is 0.868. The zero-order chi connectivity index (χ0) is 9.26. The van der Waals surface area contributed by atoms with Crippen LogP contribution in [-0.4, -0.2) is 25.9 Å². The Kier molecular flexibility index (Phi) is 1.59. The van der Waals surface area contributed by atoms with Crippen molar-refractivity contribution in [2.75, 3.05) is 0 Å². The third-order valence-electron chi connectivity index (χ3n) is 1.41. The Labute approximate surface area is 72.3 Å². The number of nitrogens with zero attached hydrogens (tertiary/aromatic N) is 4. The molecule has 2 aromatic heterocycles. The maximum Gasteiger partial charge on any atom is 0.423 e. The van der Waals surface area contributed by atoms with E-state index in [1.54, 1.807) is 0 Å². The van der Waals surface area contributed by atoms with Crippen molar-refractivity contribution in [1.29, 1.82) is 0 Å². The van der Waals surface area contributed by atoms with Gasteiger partial charge in [-0.1, -0.05) is 0 Å². The molecule has 6 nitrogen and oxygen atoms in total. The summed E-state index contributed by atoms with van der Waals surface area (Å²) in [7, 11) is 0. The second kappa shape index (κ2) is 2.74. The molecule has 0 fully saturated rings. The first-order chi connectivity index (χ1) is 6.27. The average molecular weight is 175 g/mol. The van der Waals surface area contributed by atoms with Crippen LogP contribution in [0.2, 0.25) is 0 Å². The lowest BCUT2D eigenvalue weighted by molar-refractivity contribution is 0.0559. The first-order valence-corrected chi connectivity index (χ1v) is 3.42. The van der Waals surface area contributed by atoms with E-state index in [4.69, 9.17) is 0 Å². The molecule has 0 saturated heterocycles. The van der Waals surface area contributed by atoms with E-state index in [0.717, 1.165) is 0 Å². The van der Waals surface area contributed by atoms with Crippen molar-refractivity contribution in [3.63, 3.8) is 0 Å². The third-order valence-corrected chi connectivity index (χ3v) is 1.41. The zero-order valence-corrected chi connectivity index (χ0v) is 6.34. The molecule has 0 aliphatic carbocycles. The summed E-state index contributed by atoms with van der Waals surface area (Å²) in [6, 6.07) is 0. The summed E-state index contributed by atoms with van der Waals surface area (Å²) < 4.78 is 0. The van der Waals surface area contributed by atoms with Gasteiger partial charge in [0, 0.05) is 12.4 Å². The van der Waals surface area contributed by atoms with E-state index in [1.165, 1.54) is 18.6 Å². The summed E-state index contributed by atoms with van der Waals surface area (Å²) in [6.07, 6.45) is 4.19. The summed E-state index contributed by atoms with van der Waals surface area (Å²) in [6.45, 7) is 0. The lowest BCUT2D eigenvalue weighted by Crippen LogP contribution is -2.03. The summed E-state index contributed by atoms with van der Waals surface area (Å²) >= 11 is 0. The zero-order valence-electron chi connectivity index (χ0n) is 6.34. The van der Waals surface area contributed by atoms with Crippen molar-refractivity contribution >= 4 is 17.1 Å². The monoisotopic (exact) mass is 175 g/mol. The van der Waals surface area contributed by atoms with Gasteiger partial charge in [-0.2, -0.15) is 0 Å². The first kappa shape index (κ1) is 7.53. The molecule has 0 unspecified atom stereocenters. The minimum atomic E-state index is -1.42. The fourth-order valence-corrected chi connectivity index (χ4v) is 0.868. The van der Waals surface area contributed by atoms with E-state index in [2.05, 4.69) is 19.9 Å². The highest BCUT2D eigenvalue weighted by atomic mass is 16.4. The van der Waals surface area contributed by atoms with Crippen molar-refractivity contribution in [3.8, 4) is 0 Å². The molecule has 1 radical (unpaired) electrons. The van der Waals surface area contributed by atoms with Crippen LogP contribution in [-0.2, 0) is 5.11 Å². The number of hydrogen-bond donors (Lipinski definition) is 0. The van der Waals surface area contributed by atoms with Gasteiger partial charge in [-0.25, -0.2) is 29.8 Å². The van der Waals surface area contributed by atoms with Gasteiger partial charge >= 0.3 is 5.97 Å². The molecule has 0 bridgehead atoms. The summed E-state index contributed by atoms with van der Waals surface area (Å²) in [5.74, 6) is -1.81. The Morgan fingerprint density at radius 2 is 1.92 bits per heavy atom. The molecule has 0 N–H and O–H groups in total.